The van der Waals surface area contributed by atoms with Crippen LogP contribution in [0.2, 0.25) is 0 Å². The molecular formula is C13H18N2S. The highest BCUT2D eigenvalue weighted by atomic mass is 32.1. The van der Waals surface area contributed by atoms with Gasteiger partial charge >= 0.3 is 0 Å². The number of rotatable bonds is 6. The van der Waals surface area contributed by atoms with Crippen LogP contribution in [0, 0.1) is 16.7 Å². The standard InChI is InChI=1S/C13H18N2S/c1-2-11-3-8-16-12(11)9-15-10-13(4-5-13)6-7-14/h3,8,15H,2,4-6,9-10H2,1H3. The molecule has 0 unspecified atom stereocenters. The predicted molar refractivity (Wildman–Crippen MR) is 67.3 cm³/mol. The molecule has 0 saturated heterocycles. The van der Waals surface area contributed by atoms with E-state index in [0.717, 1.165) is 19.5 Å². The van der Waals surface area contributed by atoms with Gasteiger partial charge in [0.25, 0.3) is 0 Å². The smallest absolute Gasteiger partial charge is 0.0628 e. The topological polar surface area (TPSA) is 35.8 Å². The first kappa shape index (κ1) is 11.6. The summed E-state index contributed by atoms with van der Waals surface area (Å²) in [6.45, 7) is 4.17. The van der Waals surface area contributed by atoms with E-state index >= 15 is 0 Å². The Labute approximate surface area is 101 Å². The summed E-state index contributed by atoms with van der Waals surface area (Å²) in [7, 11) is 0. The third-order valence-electron chi connectivity index (χ3n) is 3.42. The van der Waals surface area contributed by atoms with E-state index in [2.05, 4.69) is 29.8 Å². The van der Waals surface area contributed by atoms with Gasteiger partial charge in [-0.1, -0.05) is 6.92 Å². The van der Waals surface area contributed by atoms with Gasteiger partial charge in [0.1, 0.15) is 0 Å². The molecule has 1 N–H and O–H groups in total. The lowest BCUT2D eigenvalue weighted by atomic mass is 10.0. The van der Waals surface area contributed by atoms with E-state index in [9.17, 15) is 0 Å². The number of nitriles is 1. The normalized spacial score (nSPS) is 17.0. The maximum absolute atomic E-state index is 8.73. The zero-order valence-electron chi connectivity index (χ0n) is 9.75. The van der Waals surface area contributed by atoms with Crippen molar-refractivity contribution in [3.63, 3.8) is 0 Å². The van der Waals surface area contributed by atoms with E-state index in [0.29, 0.717) is 11.8 Å². The van der Waals surface area contributed by atoms with E-state index in [1.165, 1.54) is 23.3 Å². The summed E-state index contributed by atoms with van der Waals surface area (Å²) in [4.78, 5) is 1.45. The Hall–Kier alpha value is -0.850. The highest BCUT2D eigenvalue weighted by Gasteiger charge is 2.41. The fourth-order valence-electron chi connectivity index (χ4n) is 2.04. The number of hydrogen-bond donors (Lipinski definition) is 1. The first-order chi connectivity index (χ1) is 7.79. The van der Waals surface area contributed by atoms with Crippen LogP contribution >= 0.6 is 11.3 Å². The van der Waals surface area contributed by atoms with Crippen molar-refractivity contribution in [2.45, 2.75) is 39.2 Å². The first-order valence-electron chi connectivity index (χ1n) is 5.92. The number of nitrogens with zero attached hydrogens (tertiary/aromatic N) is 1. The van der Waals surface area contributed by atoms with E-state index in [-0.39, 0.29) is 0 Å². The molecule has 1 aromatic rings. The van der Waals surface area contributed by atoms with Crippen molar-refractivity contribution in [2.75, 3.05) is 6.54 Å². The molecule has 16 heavy (non-hydrogen) atoms. The summed E-state index contributed by atoms with van der Waals surface area (Å²) in [5.74, 6) is 0. The van der Waals surface area contributed by atoms with Gasteiger partial charge in [0.15, 0.2) is 0 Å². The lowest BCUT2D eigenvalue weighted by Gasteiger charge is -2.12. The van der Waals surface area contributed by atoms with Gasteiger partial charge in [-0.25, -0.2) is 0 Å². The van der Waals surface area contributed by atoms with Crippen molar-refractivity contribution in [2.24, 2.45) is 5.41 Å². The monoisotopic (exact) mass is 234 g/mol. The molecule has 0 amide bonds. The molecule has 3 heteroatoms. The Morgan fingerprint density at radius 1 is 1.56 bits per heavy atom. The fraction of sp³-hybridized carbons (Fsp3) is 0.615. The minimum atomic E-state index is 0.318. The Morgan fingerprint density at radius 3 is 3.00 bits per heavy atom. The lowest BCUT2D eigenvalue weighted by molar-refractivity contribution is 0.467. The molecule has 1 saturated carbocycles. The predicted octanol–water partition coefficient (Wildman–Crippen LogP) is 3.09. The van der Waals surface area contributed by atoms with Gasteiger partial charge in [0, 0.05) is 24.4 Å². The Kier molecular flexibility index (Phi) is 3.63. The number of nitrogens with one attached hydrogen (secondary N) is 1. The second-order valence-electron chi connectivity index (χ2n) is 4.66. The molecule has 0 radical (unpaired) electrons. The zero-order valence-corrected chi connectivity index (χ0v) is 10.6. The van der Waals surface area contributed by atoms with Gasteiger partial charge < -0.3 is 5.32 Å². The summed E-state index contributed by atoms with van der Waals surface area (Å²) < 4.78 is 0. The largest absolute Gasteiger partial charge is 0.311 e. The van der Waals surface area contributed by atoms with Gasteiger partial charge in [-0.05, 0) is 41.7 Å². The molecular weight excluding hydrogens is 216 g/mol. The van der Waals surface area contributed by atoms with Crippen molar-refractivity contribution in [1.29, 1.82) is 5.26 Å². The molecule has 0 spiro atoms. The van der Waals surface area contributed by atoms with E-state index in [1.54, 1.807) is 0 Å². The molecule has 1 fully saturated rings. The Balaban J connectivity index is 1.78. The molecule has 0 atom stereocenters. The SMILES string of the molecule is CCc1ccsc1CNCC1(CC#N)CC1. The fourth-order valence-corrected chi connectivity index (χ4v) is 2.98. The van der Waals surface area contributed by atoms with Crippen LogP contribution in [0.4, 0.5) is 0 Å². The molecule has 1 aliphatic carbocycles. The van der Waals surface area contributed by atoms with Gasteiger partial charge in [0.05, 0.1) is 6.07 Å². The van der Waals surface area contributed by atoms with Crippen LogP contribution in [0.15, 0.2) is 11.4 Å². The van der Waals surface area contributed by atoms with E-state index in [4.69, 9.17) is 5.26 Å². The third kappa shape index (κ3) is 2.63. The summed E-state index contributed by atoms with van der Waals surface area (Å²) in [6, 6.07) is 4.51. The van der Waals surface area contributed by atoms with Crippen LogP contribution in [-0.4, -0.2) is 6.54 Å². The molecule has 1 aromatic heterocycles. The second-order valence-corrected chi connectivity index (χ2v) is 5.66. The molecule has 1 heterocycles. The first-order valence-corrected chi connectivity index (χ1v) is 6.80. The van der Waals surface area contributed by atoms with Crippen LogP contribution in [0.1, 0.15) is 36.6 Å². The average Bonchev–Trinajstić information content (AvgIpc) is 2.90. The molecule has 2 rings (SSSR count). The summed E-state index contributed by atoms with van der Waals surface area (Å²) in [6.07, 6.45) is 4.27. The number of thiophene rings is 1. The number of hydrogen-bond acceptors (Lipinski definition) is 3. The van der Waals surface area contributed by atoms with E-state index in [1.807, 2.05) is 11.3 Å². The summed E-state index contributed by atoms with van der Waals surface area (Å²) in [5, 5.41) is 14.4. The van der Waals surface area contributed by atoms with Crippen LogP contribution in [0.25, 0.3) is 0 Å². The highest BCUT2D eigenvalue weighted by molar-refractivity contribution is 7.10. The van der Waals surface area contributed by atoms with E-state index < -0.39 is 0 Å². The van der Waals surface area contributed by atoms with Crippen LogP contribution in [0.3, 0.4) is 0 Å². The maximum Gasteiger partial charge on any atom is 0.0628 e. The molecule has 0 aromatic carbocycles. The van der Waals surface area contributed by atoms with Crippen molar-refractivity contribution >= 4 is 11.3 Å². The van der Waals surface area contributed by atoms with Gasteiger partial charge in [0.2, 0.25) is 0 Å². The molecule has 0 bridgehead atoms. The average molecular weight is 234 g/mol. The third-order valence-corrected chi connectivity index (χ3v) is 4.38. The minimum Gasteiger partial charge on any atom is -0.311 e. The quantitative estimate of drug-likeness (QED) is 0.821. The van der Waals surface area contributed by atoms with Crippen molar-refractivity contribution < 1.29 is 0 Å². The molecule has 2 nitrogen and oxygen atoms in total. The van der Waals surface area contributed by atoms with Crippen LogP contribution in [0.5, 0.6) is 0 Å². The number of aryl methyl sites for hydroxylation is 1. The highest BCUT2D eigenvalue weighted by Crippen LogP contribution is 2.47. The van der Waals surface area contributed by atoms with Crippen LogP contribution < -0.4 is 5.32 Å². The Bertz CT molecular complexity index is 385. The maximum atomic E-state index is 8.73. The minimum absolute atomic E-state index is 0.318. The second kappa shape index (κ2) is 4.99. The Morgan fingerprint density at radius 2 is 2.38 bits per heavy atom. The zero-order chi connectivity index (χ0) is 11.4. The van der Waals surface area contributed by atoms with Crippen molar-refractivity contribution in [3.8, 4) is 6.07 Å². The van der Waals surface area contributed by atoms with Crippen molar-refractivity contribution in [1.82, 2.24) is 5.32 Å². The van der Waals surface area contributed by atoms with Gasteiger partial charge in [-0.2, -0.15) is 5.26 Å². The molecule has 0 aliphatic heterocycles. The summed E-state index contributed by atoms with van der Waals surface area (Å²) in [5.41, 5.74) is 1.78. The lowest BCUT2D eigenvalue weighted by Crippen LogP contribution is -2.23. The van der Waals surface area contributed by atoms with Gasteiger partial charge in [-0.3, -0.25) is 0 Å². The molecule has 86 valence electrons. The van der Waals surface area contributed by atoms with Crippen LogP contribution in [-0.2, 0) is 13.0 Å². The van der Waals surface area contributed by atoms with Gasteiger partial charge in [-0.15, -0.1) is 11.3 Å². The van der Waals surface area contributed by atoms with Crippen molar-refractivity contribution in [3.05, 3.63) is 21.9 Å². The molecule has 1 aliphatic rings. The summed E-state index contributed by atoms with van der Waals surface area (Å²) >= 11 is 1.83.